The van der Waals surface area contributed by atoms with Crippen LogP contribution in [0, 0.1) is 0 Å². The van der Waals surface area contributed by atoms with Crippen molar-refractivity contribution in [1.82, 2.24) is 18.7 Å². The van der Waals surface area contributed by atoms with E-state index in [1.54, 1.807) is 35.8 Å². The molecule has 1 aliphatic heterocycles. The Bertz CT molecular complexity index is 1300. The van der Waals surface area contributed by atoms with Gasteiger partial charge >= 0.3 is 17.6 Å². The molecule has 0 bridgehead atoms. The number of carbonyl (C=O) groups excluding carboxylic acids is 2. The van der Waals surface area contributed by atoms with Gasteiger partial charge in [0.05, 0.1) is 19.3 Å². The summed E-state index contributed by atoms with van der Waals surface area (Å²) in [5, 5.41) is 0. The summed E-state index contributed by atoms with van der Waals surface area (Å²) in [5.41, 5.74) is 0.450. The van der Waals surface area contributed by atoms with Gasteiger partial charge in [-0.05, 0) is 31.2 Å². The highest BCUT2D eigenvalue weighted by Gasteiger charge is 2.29. The Labute approximate surface area is 176 Å². The predicted molar refractivity (Wildman–Crippen MR) is 111 cm³/mol. The van der Waals surface area contributed by atoms with Crippen LogP contribution in [0.3, 0.4) is 0 Å². The molecule has 31 heavy (non-hydrogen) atoms. The van der Waals surface area contributed by atoms with Gasteiger partial charge in [0, 0.05) is 25.8 Å². The number of imidazole rings is 1. The Kier molecular flexibility index (Phi) is 5.09. The van der Waals surface area contributed by atoms with Crippen molar-refractivity contribution >= 4 is 34.7 Å². The van der Waals surface area contributed by atoms with Gasteiger partial charge in [-0.25, -0.2) is 14.2 Å². The van der Waals surface area contributed by atoms with Crippen LogP contribution in [0.1, 0.15) is 17.3 Å². The Morgan fingerprint density at radius 2 is 1.84 bits per heavy atom. The highest BCUT2D eigenvalue weighted by Crippen LogP contribution is 2.31. The zero-order valence-corrected chi connectivity index (χ0v) is 17.3. The Hall–Kier alpha value is -3.89. The van der Waals surface area contributed by atoms with Crippen molar-refractivity contribution in [2.24, 2.45) is 7.05 Å². The van der Waals surface area contributed by atoms with E-state index >= 15 is 0 Å². The summed E-state index contributed by atoms with van der Waals surface area (Å²) >= 11 is 0. The second-order valence-corrected chi connectivity index (χ2v) is 6.96. The highest BCUT2D eigenvalue weighted by molar-refractivity contribution is 5.90. The van der Waals surface area contributed by atoms with E-state index in [9.17, 15) is 19.2 Å². The predicted octanol–water partition coefficient (Wildman–Crippen LogP) is 0.398. The van der Waals surface area contributed by atoms with Gasteiger partial charge in [-0.2, -0.15) is 4.98 Å². The van der Waals surface area contributed by atoms with E-state index in [0.29, 0.717) is 31.2 Å². The molecule has 1 aliphatic rings. The molecule has 0 N–H and O–H groups in total. The maximum Gasteiger partial charge on any atom is 0.338 e. The van der Waals surface area contributed by atoms with Crippen LogP contribution in [0.4, 0.5) is 11.6 Å². The first-order valence-corrected chi connectivity index (χ1v) is 9.69. The molecule has 3 aromatic rings. The number of rotatable bonds is 5. The lowest BCUT2D eigenvalue weighted by atomic mass is 10.2. The number of aryl methyl sites for hydroxylation is 1. The van der Waals surface area contributed by atoms with E-state index in [2.05, 4.69) is 9.72 Å². The molecule has 0 saturated carbocycles. The minimum atomic E-state index is -0.692. The van der Waals surface area contributed by atoms with Gasteiger partial charge in [0.2, 0.25) is 5.95 Å². The highest BCUT2D eigenvalue weighted by atomic mass is 16.5. The molecule has 3 heterocycles. The Balaban J connectivity index is 1.78. The number of aromatic nitrogens is 4. The van der Waals surface area contributed by atoms with Crippen LogP contribution in [-0.2, 0) is 34.4 Å². The molecular weight excluding hydrogens is 406 g/mol. The zero-order chi connectivity index (χ0) is 22.3. The number of methoxy groups -OCH3 is 1. The van der Waals surface area contributed by atoms with Crippen LogP contribution in [0.2, 0.25) is 0 Å². The van der Waals surface area contributed by atoms with Crippen molar-refractivity contribution in [2.75, 3.05) is 25.2 Å². The van der Waals surface area contributed by atoms with Crippen molar-refractivity contribution in [1.29, 1.82) is 0 Å². The minimum Gasteiger partial charge on any atom is -0.468 e. The molecule has 0 aliphatic carbocycles. The van der Waals surface area contributed by atoms with Crippen molar-refractivity contribution in [2.45, 2.75) is 20.0 Å². The second-order valence-electron chi connectivity index (χ2n) is 6.96. The number of fused-ring (bicyclic) bond motifs is 3. The summed E-state index contributed by atoms with van der Waals surface area (Å²) in [6, 6.07) is 6.88. The molecule has 0 fully saturated rings. The number of ether oxygens (including phenoxy) is 2. The third-order valence-corrected chi connectivity index (χ3v) is 5.21. The summed E-state index contributed by atoms with van der Waals surface area (Å²) in [5.74, 6) is -0.589. The Morgan fingerprint density at radius 1 is 1.13 bits per heavy atom. The largest absolute Gasteiger partial charge is 0.468 e. The molecule has 11 heteroatoms. The van der Waals surface area contributed by atoms with E-state index < -0.39 is 29.7 Å². The molecule has 2 aromatic heterocycles. The average molecular weight is 427 g/mol. The maximum atomic E-state index is 13.0. The van der Waals surface area contributed by atoms with Crippen LogP contribution < -0.4 is 16.1 Å². The second kappa shape index (κ2) is 7.74. The molecule has 162 valence electrons. The lowest BCUT2D eigenvalue weighted by Crippen LogP contribution is -2.41. The fourth-order valence-electron chi connectivity index (χ4n) is 3.65. The number of anilines is 2. The molecule has 1 aromatic carbocycles. The monoisotopic (exact) mass is 427 g/mol. The quantitative estimate of drug-likeness (QED) is 0.537. The van der Waals surface area contributed by atoms with E-state index in [4.69, 9.17) is 4.74 Å². The van der Waals surface area contributed by atoms with Crippen LogP contribution in [0.15, 0.2) is 33.9 Å². The molecule has 4 rings (SSSR count). The molecule has 0 saturated heterocycles. The molecular formula is C20H21N5O6. The fraction of sp³-hybridized carbons (Fsp3) is 0.350. The third-order valence-electron chi connectivity index (χ3n) is 5.21. The van der Waals surface area contributed by atoms with Gasteiger partial charge in [-0.15, -0.1) is 0 Å². The van der Waals surface area contributed by atoms with Gasteiger partial charge < -0.3 is 18.9 Å². The lowest BCUT2D eigenvalue weighted by molar-refractivity contribution is -0.141. The van der Waals surface area contributed by atoms with Gasteiger partial charge in [0.25, 0.3) is 5.56 Å². The standard InChI is InChI=1S/C20H21N5O6/c1-4-31-18(28)12-5-7-13(8-6-12)23-9-10-24-15-16(21-19(23)24)22(2)20(29)25(17(15)27)11-14(26)30-3/h5-8H,4,9-11H2,1-3H3. The first-order valence-electron chi connectivity index (χ1n) is 9.69. The molecule has 0 atom stereocenters. The third kappa shape index (κ3) is 3.27. The fourth-order valence-corrected chi connectivity index (χ4v) is 3.65. The normalized spacial score (nSPS) is 12.8. The van der Waals surface area contributed by atoms with Gasteiger partial charge in [0.15, 0.2) is 11.2 Å². The number of esters is 2. The number of nitrogens with zero attached hydrogens (tertiary/aromatic N) is 5. The summed E-state index contributed by atoms with van der Waals surface area (Å²) in [4.78, 5) is 55.6. The van der Waals surface area contributed by atoms with Gasteiger partial charge in [-0.1, -0.05) is 0 Å². The smallest absolute Gasteiger partial charge is 0.338 e. The number of carbonyl (C=O) groups is 2. The Morgan fingerprint density at radius 3 is 2.48 bits per heavy atom. The van der Waals surface area contributed by atoms with Crippen LogP contribution in [0.25, 0.3) is 11.2 Å². The van der Waals surface area contributed by atoms with Crippen LogP contribution in [-0.4, -0.2) is 50.9 Å². The van der Waals surface area contributed by atoms with E-state index in [0.717, 1.165) is 10.3 Å². The van der Waals surface area contributed by atoms with E-state index in [1.165, 1.54) is 18.7 Å². The summed E-state index contributed by atoms with van der Waals surface area (Å²) in [7, 11) is 2.69. The summed E-state index contributed by atoms with van der Waals surface area (Å²) < 4.78 is 13.4. The average Bonchev–Trinajstić information content (AvgIpc) is 3.35. The first-order chi connectivity index (χ1) is 14.9. The number of hydrogen-bond donors (Lipinski definition) is 0. The van der Waals surface area contributed by atoms with E-state index in [1.807, 2.05) is 4.90 Å². The number of hydrogen-bond acceptors (Lipinski definition) is 8. The zero-order valence-electron chi connectivity index (χ0n) is 17.3. The minimum absolute atomic E-state index is 0.235. The molecule has 0 unspecified atom stereocenters. The van der Waals surface area contributed by atoms with Gasteiger partial charge in [0.1, 0.15) is 6.54 Å². The molecule has 0 amide bonds. The van der Waals surface area contributed by atoms with E-state index in [-0.39, 0.29) is 11.2 Å². The summed E-state index contributed by atoms with van der Waals surface area (Å²) in [6.45, 7) is 2.58. The van der Waals surface area contributed by atoms with Crippen LogP contribution in [0.5, 0.6) is 0 Å². The molecule has 0 radical (unpaired) electrons. The van der Waals surface area contributed by atoms with Crippen LogP contribution >= 0.6 is 0 Å². The van der Waals surface area contributed by atoms with Crippen molar-refractivity contribution in [3.05, 3.63) is 50.7 Å². The molecule has 11 nitrogen and oxygen atoms in total. The first kappa shape index (κ1) is 20.4. The maximum absolute atomic E-state index is 13.0. The topological polar surface area (TPSA) is 118 Å². The van der Waals surface area contributed by atoms with Crippen molar-refractivity contribution in [3.8, 4) is 0 Å². The summed E-state index contributed by atoms with van der Waals surface area (Å²) in [6.07, 6.45) is 0. The lowest BCUT2D eigenvalue weighted by Gasteiger charge is -2.16. The SMILES string of the molecule is CCOC(=O)c1ccc(N2CCn3c2nc2c3c(=O)n(CC(=O)OC)c(=O)n2C)cc1. The number of benzene rings is 1. The van der Waals surface area contributed by atoms with Crippen molar-refractivity contribution < 1.29 is 19.1 Å². The molecule has 0 spiro atoms. The van der Waals surface area contributed by atoms with Crippen molar-refractivity contribution in [3.63, 3.8) is 0 Å². The van der Waals surface area contributed by atoms with Gasteiger partial charge in [-0.3, -0.25) is 14.2 Å².